The maximum Gasteiger partial charge on any atom is 0.275 e. The van der Waals surface area contributed by atoms with E-state index in [-0.39, 0.29) is 16.5 Å². The first-order valence-corrected chi connectivity index (χ1v) is 8.13. The van der Waals surface area contributed by atoms with Crippen LogP contribution in [0.15, 0.2) is 23.1 Å². The van der Waals surface area contributed by atoms with Crippen LogP contribution in [0.3, 0.4) is 0 Å². The zero-order chi connectivity index (χ0) is 15.6. The Morgan fingerprint density at radius 3 is 2.48 bits per heavy atom. The molecule has 1 aromatic carbocycles. The van der Waals surface area contributed by atoms with Crippen molar-refractivity contribution in [2.45, 2.75) is 23.8 Å². The molecule has 1 unspecified atom stereocenters. The lowest BCUT2D eigenvalue weighted by Gasteiger charge is -2.28. The number of nitrogens with two attached hydrogens (primary N) is 2. The molecule has 0 amide bonds. The number of sulfonamides is 1. The highest BCUT2D eigenvalue weighted by atomic mass is 32.2. The van der Waals surface area contributed by atoms with Gasteiger partial charge in [-0.15, -0.1) is 0 Å². The maximum atomic E-state index is 11.3. The van der Waals surface area contributed by atoms with Crippen LogP contribution in [0.25, 0.3) is 0 Å². The molecule has 0 radical (unpaired) electrons. The predicted molar refractivity (Wildman–Crippen MR) is 77.0 cm³/mol. The van der Waals surface area contributed by atoms with Gasteiger partial charge in [0.25, 0.3) is 5.69 Å². The van der Waals surface area contributed by atoms with Crippen molar-refractivity contribution in [3.63, 3.8) is 0 Å². The summed E-state index contributed by atoms with van der Waals surface area (Å²) in [5.74, 6) is 0.130. The van der Waals surface area contributed by atoms with Crippen molar-refractivity contribution in [2.75, 3.05) is 13.1 Å². The van der Waals surface area contributed by atoms with Crippen molar-refractivity contribution in [1.82, 2.24) is 5.32 Å². The molecule has 1 saturated heterocycles. The number of rotatable bonds is 4. The third-order valence-electron chi connectivity index (χ3n) is 3.78. The Labute approximate surface area is 122 Å². The summed E-state index contributed by atoms with van der Waals surface area (Å²) in [5, 5.41) is 19.4. The average molecular weight is 314 g/mol. The Morgan fingerprint density at radius 1 is 1.33 bits per heavy atom. The van der Waals surface area contributed by atoms with Gasteiger partial charge in [0.05, 0.1) is 9.82 Å². The van der Waals surface area contributed by atoms with E-state index in [1.807, 2.05) is 0 Å². The predicted octanol–water partition coefficient (Wildman–Crippen LogP) is 0.242. The molecule has 21 heavy (non-hydrogen) atoms. The van der Waals surface area contributed by atoms with Crippen molar-refractivity contribution >= 4 is 15.7 Å². The minimum atomic E-state index is -3.98. The van der Waals surface area contributed by atoms with Crippen molar-refractivity contribution in [2.24, 2.45) is 16.8 Å². The van der Waals surface area contributed by atoms with E-state index in [0.717, 1.165) is 32.0 Å². The van der Waals surface area contributed by atoms with Crippen LogP contribution in [0.1, 0.15) is 24.4 Å². The van der Waals surface area contributed by atoms with Gasteiger partial charge in [-0.1, -0.05) is 0 Å². The topological polar surface area (TPSA) is 141 Å². The van der Waals surface area contributed by atoms with Gasteiger partial charge in [-0.05, 0) is 44.0 Å². The van der Waals surface area contributed by atoms with Gasteiger partial charge in [0.2, 0.25) is 10.0 Å². The number of nitro groups is 1. The van der Waals surface area contributed by atoms with Gasteiger partial charge in [0.15, 0.2) is 0 Å². The van der Waals surface area contributed by atoms with Crippen LogP contribution in [0.5, 0.6) is 0 Å². The second-order valence-corrected chi connectivity index (χ2v) is 6.70. The lowest BCUT2D eigenvalue weighted by Crippen LogP contribution is -2.34. The third-order valence-corrected chi connectivity index (χ3v) is 4.69. The highest BCUT2D eigenvalue weighted by Gasteiger charge is 2.28. The molecule has 2 rings (SSSR count). The van der Waals surface area contributed by atoms with Gasteiger partial charge in [-0.25, -0.2) is 13.6 Å². The Morgan fingerprint density at radius 2 is 1.95 bits per heavy atom. The number of benzene rings is 1. The first kappa shape index (κ1) is 15.8. The molecule has 1 aliphatic rings. The Balaban J connectivity index is 2.40. The van der Waals surface area contributed by atoms with Crippen LogP contribution in [0, 0.1) is 16.0 Å². The molecule has 1 aromatic rings. The summed E-state index contributed by atoms with van der Waals surface area (Å²) in [6, 6.07) is 3.14. The molecule has 0 saturated carbocycles. The largest absolute Gasteiger partial charge is 0.323 e. The second-order valence-electron chi connectivity index (χ2n) is 5.14. The smallest absolute Gasteiger partial charge is 0.275 e. The molecule has 0 aliphatic carbocycles. The average Bonchev–Trinajstić information content (AvgIpc) is 2.45. The fourth-order valence-electron chi connectivity index (χ4n) is 2.60. The van der Waals surface area contributed by atoms with Gasteiger partial charge in [-0.3, -0.25) is 10.1 Å². The minimum Gasteiger partial charge on any atom is -0.323 e. The highest BCUT2D eigenvalue weighted by molar-refractivity contribution is 7.89. The Hall–Kier alpha value is -1.55. The number of nitro benzene ring substituents is 1. The van der Waals surface area contributed by atoms with Gasteiger partial charge < -0.3 is 11.1 Å². The van der Waals surface area contributed by atoms with E-state index in [9.17, 15) is 18.5 Å². The van der Waals surface area contributed by atoms with E-state index in [1.54, 1.807) is 0 Å². The summed E-state index contributed by atoms with van der Waals surface area (Å²) in [7, 11) is -3.98. The molecule has 1 heterocycles. The number of primary sulfonamides is 1. The molecular weight excluding hydrogens is 296 g/mol. The number of nitrogens with zero attached hydrogens (tertiary/aromatic N) is 1. The number of hydrogen-bond donors (Lipinski definition) is 3. The fourth-order valence-corrected chi connectivity index (χ4v) is 3.13. The van der Waals surface area contributed by atoms with Crippen LogP contribution in [-0.4, -0.2) is 26.4 Å². The molecule has 1 atom stereocenters. The Kier molecular flexibility index (Phi) is 4.57. The second kappa shape index (κ2) is 6.06. The SMILES string of the molecule is NC(c1ccc(S(N)(=O)=O)cc1[N+](=O)[O-])C1CCNCC1. The van der Waals surface area contributed by atoms with Crippen LogP contribution < -0.4 is 16.2 Å². The summed E-state index contributed by atoms with van der Waals surface area (Å²) in [4.78, 5) is 10.3. The van der Waals surface area contributed by atoms with Crippen molar-refractivity contribution in [3.05, 3.63) is 33.9 Å². The quantitative estimate of drug-likeness (QED) is 0.537. The molecule has 9 heteroatoms. The van der Waals surface area contributed by atoms with Crippen LogP contribution >= 0.6 is 0 Å². The first-order valence-electron chi connectivity index (χ1n) is 6.58. The molecule has 1 aliphatic heterocycles. The number of nitrogens with one attached hydrogen (secondary N) is 1. The molecule has 5 N–H and O–H groups in total. The minimum absolute atomic E-state index is 0.130. The van der Waals surface area contributed by atoms with E-state index >= 15 is 0 Å². The Bertz CT molecular complexity index is 641. The molecule has 0 bridgehead atoms. The first-order chi connectivity index (χ1) is 9.80. The van der Waals surface area contributed by atoms with E-state index in [0.29, 0.717) is 5.56 Å². The molecule has 8 nitrogen and oxygen atoms in total. The third kappa shape index (κ3) is 3.56. The van der Waals surface area contributed by atoms with Gasteiger partial charge in [-0.2, -0.15) is 0 Å². The van der Waals surface area contributed by atoms with Gasteiger partial charge in [0.1, 0.15) is 0 Å². The van der Waals surface area contributed by atoms with E-state index < -0.39 is 21.0 Å². The maximum absolute atomic E-state index is 11.3. The summed E-state index contributed by atoms with van der Waals surface area (Å²) >= 11 is 0. The summed E-state index contributed by atoms with van der Waals surface area (Å²) in [5.41, 5.74) is 6.20. The van der Waals surface area contributed by atoms with Crippen LogP contribution in [-0.2, 0) is 10.0 Å². The van der Waals surface area contributed by atoms with Crippen molar-refractivity contribution in [1.29, 1.82) is 0 Å². The zero-order valence-corrected chi connectivity index (χ0v) is 12.2. The molecule has 116 valence electrons. The fraction of sp³-hybridized carbons (Fsp3) is 0.500. The lowest BCUT2D eigenvalue weighted by molar-refractivity contribution is -0.386. The van der Waals surface area contributed by atoms with E-state index in [4.69, 9.17) is 10.9 Å². The zero-order valence-electron chi connectivity index (χ0n) is 11.4. The van der Waals surface area contributed by atoms with Crippen LogP contribution in [0.4, 0.5) is 5.69 Å². The van der Waals surface area contributed by atoms with E-state index in [2.05, 4.69) is 5.32 Å². The van der Waals surface area contributed by atoms with E-state index in [1.165, 1.54) is 12.1 Å². The van der Waals surface area contributed by atoms with Crippen molar-refractivity contribution < 1.29 is 13.3 Å². The number of hydrogen-bond acceptors (Lipinski definition) is 6. The monoisotopic (exact) mass is 314 g/mol. The number of piperidine rings is 1. The summed E-state index contributed by atoms with van der Waals surface area (Å²) in [6.45, 7) is 1.64. The molecule has 0 spiro atoms. The van der Waals surface area contributed by atoms with Gasteiger partial charge >= 0.3 is 0 Å². The summed E-state index contributed by atoms with van der Waals surface area (Å²) in [6.07, 6.45) is 1.66. The van der Waals surface area contributed by atoms with Gasteiger partial charge in [0, 0.05) is 17.7 Å². The standard InChI is InChI=1S/C12H18N4O4S/c13-12(8-3-5-15-6-4-8)10-2-1-9(21(14,19)20)7-11(10)16(17)18/h1-2,7-8,12,15H,3-6,13H2,(H2,14,19,20). The lowest BCUT2D eigenvalue weighted by atomic mass is 9.86. The summed E-state index contributed by atoms with van der Waals surface area (Å²) < 4.78 is 22.6. The molecule has 0 aromatic heterocycles. The highest BCUT2D eigenvalue weighted by Crippen LogP contribution is 2.33. The molecule has 1 fully saturated rings. The normalized spacial score (nSPS) is 18.4. The van der Waals surface area contributed by atoms with Crippen molar-refractivity contribution in [3.8, 4) is 0 Å². The van der Waals surface area contributed by atoms with Crippen LogP contribution in [0.2, 0.25) is 0 Å². The molecular formula is C12H18N4O4S.